The third kappa shape index (κ3) is 1.65. The van der Waals surface area contributed by atoms with Crippen LogP contribution in [0, 0.1) is 0 Å². The molecule has 0 spiro atoms. The predicted octanol–water partition coefficient (Wildman–Crippen LogP) is 1.41. The van der Waals surface area contributed by atoms with Gasteiger partial charge in [0, 0.05) is 19.4 Å². The molecule has 0 saturated heterocycles. The molecule has 1 unspecified atom stereocenters. The maximum absolute atomic E-state index is 6.20. The first kappa shape index (κ1) is 10.9. The molecule has 0 aliphatic heterocycles. The average Bonchev–Trinajstić information content (AvgIpc) is 2.77. The Morgan fingerprint density at radius 1 is 1.22 bits per heavy atom. The highest BCUT2D eigenvalue weighted by atomic mass is 15.1. The van der Waals surface area contributed by atoms with Gasteiger partial charge in [-0.15, -0.1) is 0 Å². The van der Waals surface area contributed by atoms with Gasteiger partial charge < -0.3 is 10.3 Å². The molecular weight excluding hydrogens is 226 g/mol. The van der Waals surface area contributed by atoms with Crippen molar-refractivity contribution in [1.29, 1.82) is 0 Å². The summed E-state index contributed by atoms with van der Waals surface area (Å²) in [7, 11) is 1.96. The lowest BCUT2D eigenvalue weighted by Crippen LogP contribution is -2.18. The van der Waals surface area contributed by atoms with Crippen molar-refractivity contribution in [2.45, 2.75) is 6.04 Å². The van der Waals surface area contributed by atoms with Gasteiger partial charge in [0.1, 0.15) is 11.9 Å². The maximum atomic E-state index is 6.20. The van der Waals surface area contributed by atoms with E-state index in [-0.39, 0.29) is 6.04 Å². The monoisotopic (exact) mass is 239 g/mol. The number of hydrogen-bond donors (Lipinski definition) is 1. The van der Waals surface area contributed by atoms with Crippen molar-refractivity contribution in [2.24, 2.45) is 12.8 Å². The van der Waals surface area contributed by atoms with Crippen molar-refractivity contribution in [3.63, 3.8) is 0 Å². The number of para-hydroxylation sites is 2. The van der Waals surface area contributed by atoms with Gasteiger partial charge in [0.2, 0.25) is 0 Å². The minimum absolute atomic E-state index is 0.365. The van der Waals surface area contributed by atoms with E-state index < -0.39 is 0 Å². The average molecular weight is 239 g/mol. The van der Waals surface area contributed by atoms with E-state index in [1.165, 1.54) is 0 Å². The molecule has 0 aliphatic rings. The van der Waals surface area contributed by atoms with Gasteiger partial charge in [-0.05, 0) is 12.1 Å². The molecule has 0 saturated carbocycles. The van der Waals surface area contributed by atoms with Crippen LogP contribution in [0.1, 0.15) is 17.6 Å². The molecule has 0 fully saturated rings. The van der Waals surface area contributed by atoms with Crippen molar-refractivity contribution < 1.29 is 0 Å². The van der Waals surface area contributed by atoms with Crippen LogP contribution < -0.4 is 5.73 Å². The standard InChI is InChI=1S/C13H13N5/c1-18-11-5-3-2-4-9(11)17-13(18)12(14)10-8-15-6-7-16-10/h2-8,12H,14H2,1H3. The van der Waals surface area contributed by atoms with Crippen LogP contribution in [0.2, 0.25) is 0 Å². The van der Waals surface area contributed by atoms with Crippen LogP contribution in [0.4, 0.5) is 0 Å². The van der Waals surface area contributed by atoms with Crippen LogP contribution >= 0.6 is 0 Å². The Morgan fingerprint density at radius 2 is 2.06 bits per heavy atom. The fourth-order valence-corrected chi connectivity index (χ4v) is 2.05. The number of hydrogen-bond acceptors (Lipinski definition) is 4. The Hall–Kier alpha value is -2.27. The lowest BCUT2D eigenvalue weighted by atomic mass is 10.2. The van der Waals surface area contributed by atoms with E-state index in [1.54, 1.807) is 18.6 Å². The summed E-state index contributed by atoms with van der Waals surface area (Å²) in [5, 5.41) is 0. The highest BCUT2D eigenvalue weighted by Crippen LogP contribution is 2.21. The molecule has 0 radical (unpaired) electrons. The fourth-order valence-electron chi connectivity index (χ4n) is 2.05. The largest absolute Gasteiger partial charge is 0.329 e. The van der Waals surface area contributed by atoms with Gasteiger partial charge in [-0.1, -0.05) is 12.1 Å². The molecule has 5 nitrogen and oxygen atoms in total. The molecule has 3 aromatic rings. The molecule has 90 valence electrons. The van der Waals surface area contributed by atoms with E-state index in [9.17, 15) is 0 Å². The molecule has 5 heteroatoms. The number of aromatic nitrogens is 4. The Morgan fingerprint density at radius 3 is 2.78 bits per heavy atom. The first-order chi connectivity index (χ1) is 8.77. The van der Waals surface area contributed by atoms with E-state index in [0.717, 1.165) is 22.6 Å². The van der Waals surface area contributed by atoms with E-state index in [0.29, 0.717) is 0 Å². The Balaban J connectivity index is 2.12. The number of imidazole rings is 1. The van der Waals surface area contributed by atoms with Gasteiger partial charge in [0.05, 0.1) is 22.9 Å². The lowest BCUT2D eigenvalue weighted by Gasteiger charge is -2.10. The molecule has 0 bridgehead atoms. The van der Waals surface area contributed by atoms with Crippen molar-refractivity contribution >= 4 is 11.0 Å². The number of rotatable bonds is 2. The minimum atomic E-state index is -0.365. The molecule has 0 amide bonds. The first-order valence-electron chi connectivity index (χ1n) is 5.70. The number of fused-ring (bicyclic) bond motifs is 1. The summed E-state index contributed by atoms with van der Waals surface area (Å²) < 4.78 is 1.99. The third-order valence-electron chi connectivity index (χ3n) is 3.00. The summed E-state index contributed by atoms with van der Waals surface area (Å²) in [5.74, 6) is 0.789. The molecule has 3 rings (SSSR count). The molecule has 18 heavy (non-hydrogen) atoms. The minimum Gasteiger partial charge on any atom is -0.329 e. The van der Waals surface area contributed by atoms with Gasteiger partial charge in [-0.2, -0.15) is 0 Å². The summed E-state index contributed by atoms with van der Waals surface area (Å²) in [6, 6.07) is 7.59. The SMILES string of the molecule is Cn1c(C(N)c2cnccn2)nc2ccccc21. The molecule has 2 aromatic heterocycles. The van der Waals surface area contributed by atoms with Gasteiger partial charge in [-0.3, -0.25) is 9.97 Å². The van der Waals surface area contributed by atoms with Crippen LogP contribution in [-0.2, 0) is 7.05 Å². The lowest BCUT2D eigenvalue weighted by molar-refractivity contribution is 0.706. The zero-order valence-electron chi connectivity index (χ0n) is 9.99. The number of nitrogens with two attached hydrogens (primary N) is 1. The summed E-state index contributed by atoms with van der Waals surface area (Å²) in [5.41, 5.74) is 8.91. The topological polar surface area (TPSA) is 69.6 Å². The summed E-state index contributed by atoms with van der Waals surface area (Å²) in [6.45, 7) is 0. The van der Waals surface area contributed by atoms with Crippen molar-refractivity contribution in [1.82, 2.24) is 19.5 Å². The van der Waals surface area contributed by atoms with E-state index in [2.05, 4.69) is 15.0 Å². The molecule has 2 N–H and O–H groups in total. The second-order valence-corrected chi connectivity index (χ2v) is 4.13. The quantitative estimate of drug-likeness (QED) is 0.734. The molecular formula is C13H13N5. The maximum Gasteiger partial charge on any atom is 0.132 e. The zero-order valence-corrected chi connectivity index (χ0v) is 9.99. The molecule has 1 atom stereocenters. The normalized spacial score (nSPS) is 12.8. The number of aryl methyl sites for hydroxylation is 1. The van der Waals surface area contributed by atoms with E-state index in [1.807, 2.05) is 35.9 Å². The van der Waals surface area contributed by atoms with Gasteiger partial charge in [0.25, 0.3) is 0 Å². The van der Waals surface area contributed by atoms with Gasteiger partial charge in [-0.25, -0.2) is 4.98 Å². The van der Waals surface area contributed by atoms with Crippen LogP contribution in [0.25, 0.3) is 11.0 Å². The highest BCUT2D eigenvalue weighted by Gasteiger charge is 2.17. The molecule has 1 aromatic carbocycles. The molecule has 0 aliphatic carbocycles. The second-order valence-electron chi connectivity index (χ2n) is 4.13. The first-order valence-corrected chi connectivity index (χ1v) is 5.70. The van der Waals surface area contributed by atoms with Crippen molar-refractivity contribution in [2.75, 3.05) is 0 Å². The number of nitrogens with zero attached hydrogens (tertiary/aromatic N) is 4. The Labute approximate surface area is 104 Å². The summed E-state index contributed by atoms with van der Waals surface area (Å²) in [4.78, 5) is 12.8. The van der Waals surface area contributed by atoms with Crippen molar-refractivity contribution in [3.05, 3.63) is 54.4 Å². The third-order valence-corrected chi connectivity index (χ3v) is 3.00. The number of benzene rings is 1. The summed E-state index contributed by atoms with van der Waals surface area (Å²) in [6.07, 6.45) is 4.94. The summed E-state index contributed by atoms with van der Waals surface area (Å²) >= 11 is 0. The van der Waals surface area contributed by atoms with Crippen LogP contribution in [0.3, 0.4) is 0 Å². The smallest absolute Gasteiger partial charge is 0.132 e. The highest BCUT2D eigenvalue weighted by molar-refractivity contribution is 5.75. The van der Waals surface area contributed by atoms with Crippen LogP contribution in [0.15, 0.2) is 42.9 Å². The zero-order chi connectivity index (χ0) is 12.5. The van der Waals surface area contributed by atoms with E-state index >= 15 is 0 Å². The van der Waals surface area contributed by atoms with Crippen LogP contribution in [-0.4, -0.2) is 19.5 Å². The van der Waals surface area contributed by atoms with Gasteiger partial charge >= 0.3 is 0 Å². The van der Waals surface area contributed by atoms with Gasteiger partial charge in [0.15, 0.2) is 0 Å². The molecule has 2 heterocycles. The Kier molecular flexibility index (Phi) is 2.53. The van der Waals surface area contributed by atoms with Crippen molar-refractivity contribution in [3.8, 4) is 0 Å². The fraction of sp³-hybridized carbons (Fsp3) is 0.154. The Bertz CT molecular complexity index is 674. The predicted molar refractivity (Wildman–Crippen MR) is 68.8 cm³/mol. The van der Waals surface area contributed by atoms with E-state index in [4.69, 9.17) is 5.73 Å². The van der Waals surface area contributed by atoms with Crippen LogP contribution in [0.5, 0.6) is 0 Å². The second kappa shape index (κ2) is 4.19.